The van der Waals surface area contributed by atoms with Crippen LogP contribution in [-0.4, -0.2) is 74.1 Å². The number of carboxylic acids is 1. The van der Waals surface area contributed by atoms with Crippen molar-refractivity contribution in [1.29, 1.82) is 0 Å². The molecule has 0 aliphatic carbocycles. The Kier molecular flexibility index (Phi) is 12.1. The molecule has 13 nitrogen and oxygen atoms in total. The number of aliphatic hydroxyl groups excluding tert-OH is 3. The largest absolute Gasteiger partial charge is 0.480 e. The van der Waals surface area contributed by atoms with E-state index in [-0.39, 0.29) is 24.0 Å². The van der Waals surface area contributed by atoms with Gasteiger partial charge in [-0.3, -0.25) is 20.2 Å². The molecule has 5 atom stereocenters. The molecule has 2 unspecified atom stereocenters. The minimum atomic E-state index is -1.63. The van der Waals surface area contributed by atoms with E-state index < -0.39 is 43.2 Å². The molecule has 0 saturated carbocycles. The molecule has 0 bridgehead atoms. The summed E-state index contributed by atoms with van der Waals surface area (Å²) in [4.78, 5) is 27.6. The summed E-state index contributed by atoms with van der Waals surface area (Å²) in [6.45, 7) is 3.40. The molecule has 0 aliphatic heterocycles. The summed E-state index contributed by atoms with van der Waals surface area (Å²) < 4.78 is 5.11. The standard InChI is InChI=1S/C18H34N6O7/c1-3-4-5-6-7-20-13(27)8-12(16-23-15(24-31-16)11(19)9-25)21-18(30)22-14(10(2)26)17(28)29/h10-12,14,18,21-22,25-26,30H,3-9,19H2,1-2H3,(H,20,27)(H,28,29)/t10?,11-,12-,14-,18?/m0/s1. The molecule has 1 heterocycles. The molecule has 13 heteroatoms. The quantitative estimate of drug-likeness (QED) is 0.107. The Labute approximate surface area is 180 Å². The summed E-state index contributed by atoms with van der Waals surface area (Å²) in [5.41, 5.74) is 5.66. The maximum Gasteiger partial charge on any atom is 0.323 e. The van der Waals surface area contributed by atoms with Gasteiger partial charge in [0.25, 0.3) is 0 Å². The van der Waals surface area contributed by atoms with E-state index in [1.807, 2.05) is 0 Å². The van der Waals surface area contributed by atoms with E-state index in [2.05, 4.69) is 33.0 Å². The van der Waals surface area contributed by atoms with Crippen molar-refractivity contribution in [3.8, 4) is 0 Å². The van der Waals surface area contributed by atoms with Gasteiger partial charge < -0.3 is 36.0 Å². The molecule has 1 aromatic heterocycles. The van der Waals surface area contributed by atoms with Crippen LogP contribution in [0.5, 0.6) is 0 Å². The fourth-order valence-electron chi connectivity index (χ4n) is 2.70. The molecule has 1 rings (SSSR count). The van der Waals surface area contributed by atoms with Crippen molar-refractivity contribution < 1.29 is 34.5 Å². The van der Waals surface area contributed by atoms with Crippen molar-refractivity contribution in [1.82, 2.24) is 26.1 Å². The Morgan fingerprint density at radius 3 is 2.48 bits per heavy atom. The lowest BCUT2D eigenvalue weighted by atomic mass is 10.1. The summed E-state index contributed by atoms with van der Waals surface area (Å²) in [7, 11) is 0. The van der Waals surface area contributed by atoms with E-state index in [1.54, 1.807) is 0 Å². The van der Waals surface area contributed by atoms with Crippen LogP contribution in [0, 0.1) is 0 Å². The van der Waals surface area contributed by atoms with Gasteiger partial charge in [0, 0.05) is 6.54 Å². The number of carbonyl (C=O) groups excluding carboxylic acids is 1. The van der Waals surface area contributed by atoms with E-state index in [4.69, 9.17) is 20.5 Å². The number of carbonyl (C=O) groups is 2. The van der Waals surface area contributed by atoms with Crippen LogP contribution in [0.4, 0.5) is 0 Å². The second kappa shape index (κ2) is 14.0. The minimum absolute atomic E-state index is 0.0131. The molecule has 9 N–H and O–H groups in total. The number of rotatable bonds is 16. The maximum absolute atomic E-state index is 12.3. The van der Waals surface area contributed by atoms with E-state index in [9.17, 15) is 19.8 Å². The highest BCUT2D eigenvalue weighted by Crippen LogP contribution is 2.17. The van der Waals surface area contributed by atoms with Gasteiger partial charge >= 0.3 is 5.97 Å². The van der Waals surface area contributed by atoms with Crippen molar-refractivity contribution in [2.45, 2.75) is 76.5 Å². The monoisotopic (exact) mass is 446 g/mol. The van der Waals surface area contributed by atoms with Gasteiger partial charge in [0.1, 0.15) is 6.04 Å². The summed E-state index contributed by atoms with van der Waals surface area (Å²) in [5.74, 6) is -1.78. The molecule has 31 heavy (non-hydrogen) atoms. The second-order valence-corrected chi connectivity index (χ2v) is 7.24. The van der Waals surface area contributed by atoms with E-state index in [0.717, 1.165) is 25.7 Å². The number of nitrogens with zero attached hydrogens (tertiary/aromatic N) is 2. The number of unbranched alkanes of at least 4 members (excludes halogenated alkanes) is 3. The summed E-state index contributed by atoms with van der Waals surface area (Å²) in [6.07, 6.45) is 0.840. The lowest BCUT2D eigenvalue weighted by Gasteiger charge is -2.24. The van der Waals surface area contributed by atoms with Gasteiger partial charge in [0.05, 0.1) is 31.2 Å². The van der Waals surface area contributed by atoms with E-state index in [1.165, 1.54) is 6.92 Å². The Morgan fingerprint density at radius 2 is 1.90 bits per heavy atom. The fourth-order valence-corrected chi connectivity index (χ4v) is 2.70. The smallest absolute Gasteiger partial charge is 0.323 e. The van der Waals surface area contributed by atoms with Crippen molar-refractivity contribution in [3.63, 3.8) is 0 Å². The highest BCUT2D eigenvalue weighted by Gasteiger charge is 2.29. The average molecular weight is 447 g/mol. The molecule has 0 saturated heterocycles. The number of aliphatic hydroxyl groups is 3. The van der Waals surface area contributed by atoms with Crippen LogP contribution < -0.4 is 21.7 Å². The minimum Gasteiger partial charge on any atom is -0.480 e. The van der Waals surface area contributed by atoms with E-state index in [0.29, 0.717) is 6.54 Å². The highest BCUT2D eigenvalue weighted by atomic mass is 16.5. The van der Waals surface area contributed by atoms with Gasteiger partial charge in [-0.15, -0.1) is 0 Å². The third kappa shape index (κ3) is 9.67. The average Bonchev–Trinajstić information content (AvgIpc) is 3.20. The molecule has 0 aromatic carbocycles. The first-order chi connectivity index (χ1) is 14.7. The Bertz CT molecular complexity index is 672. The van der Waals surface area contributed by atoms with Crippen molar-refractivity contribution in [2.24, 2.45) is 5.73 Å². The predicted octanol–water partition coefficient (Wildman–Crippen LogP) is -1.52. The summed E-state index contributed by atoms with van der Waals surface area (Å²) in [6, 6.07) is -3.34. The Morgan fingerprint density at radius 1 is 1.19 bits per heavy atom. The number of amides is 1. The first kappa shape index (κ1) is 26.9. The van der Waals surface area contributed by atoms with Crippen LogP contribution in [0.1, 0.15) is 69.8 Å². The normalized spacial score (nSPS) is 16.3. The fraction of sp³-hybridized carbons (Fsp3) is 0.778. The van der Waals surface area contributed by atoms with Crippen LogP contribution in [0.3, 0.4) is 0 Å². The zero-order valence-corrected chi connectivity index (χ0v) is 17.8. The second-order valence-electron chi connectivity index (χ2n) is 7.24. The molecule has 0 aliphatic rings. The molecule has 0 fully saturated rings. The molecule has 1 aromatic rings. The number of nitrogens with two attached hydrogens (primary N) is 1. The molecule has 0 radical (unpaired) electrons. The maximum atomic E-state index is 12.3. The van der Waals surface area contributed by atoms with Gasteiger partial charge in [0.15, 0.2) is 12.2 Å². The van der Waals surface area contributed by atoms with Gasteiger partial charge in [-0.2, -0.15) is 4.98 Å². The van der Waals surface area contributed by atoms with Crippen molar-refractivity contribution >= 4 is 11.9 Å². The number of carboxylic acid groups (broad SMARTS) is 1. The van der Waals surface area contributed by atoms with Gasteiger partial charge in [-0.25, -0.2) is 0 Å². The molecule has 1 amide bonds. The molecule has 0 spiro atoms. The van der Waals surface area contributed by atoms with Crippen molar-refractivity contribution in [3.05, 3.63) is 11.7 Å². The van der Waals surface area contributed by atoms with Crippen LogP contribution in [0.25, 0.3) is 0 Å². The lowest BCUT2D eigenvalue weighted by molar-refractivity contribution is -0.144. The zero-order valence-electron chi connectivity index (χ0n) is 17.8. The lowest BCUT2D eigenvalue weighted by Crippen LogP contribution is -2.55. The van der Waals surface area contributed by atoms with Crippen LogP contribution in [-0.2, 0) is 9.59 Å². The first-order valence-corrected chi connectivity index (χ1v) is 10.3. The highest BCUT2D eigenvalue weighted by molar-refractivity contribution is 5.76. The SMILES string of the molecule is CCCCCCNC(=O)C[C@H](NC(O)N[C@H](C(=O)O)C(C)O)c1nc([C@@H](N)CO)no1. The Balaban J connectivity index is 2.83. The summed E-state index contributed by atoms with van der Waals surface area (Å²) in [5, 5.41) is 49.4. The number of aliphatic carboxylic acids is 1. The molecular weight excluding hydrogens is 412 g/mol. The molecular formula is C18H34N6O7. The van der Waals surface area contributed by atoms with Crippen molar-refractivity contribution in [2.75, 3.05) is 13.2 Å². The zero-order chi connectivity index (χ0) is 23.4. The van der Waals surface area contributed by atoms with Gasteiger partial charge in [-0.05, 0) is 13.3 Å². The third-order valence-corrected chi connectivity index (χ3v) is 4.47. The number of hydrogen-bond acceptors (Lipinski definition) is 11. The van der Waals surface area contributed by atoms with E-state index >= 15 is 0 Å². The van der Waals surface area contributed by atoms with Gasteiger partial charge in [-0.1, -0.05) is 31.3 Å². The van der Waals surface area contributed by atoms with Gasteiger partial charge in [0.2, 0.25) is 11.8 Å². The third-order valence-electron chi connectivity index (χ3n) is 4.47. The number of aromatic nitrogens is 2. The summed E-state index contributed by atoms with van der Waals surface area (Å²) >= 11 is 0. The van der Waals surface area contributed by atoms with Crippen LogP contribution in [0.15, 0.2) is 4.52 Å². The first-order valence-electron chi connectivity index (χ1n) is 10.3. The topological polar surface area (TPSA) is 216 Å². The number of hydrogen-bond donors (Lipinski definition) is 8. The predicted molar refractivity (Wildman–Crippen MR) is 108 cm³/mol. The molecule has 178 valence electrons. The Hall–Kier alpha value is -2.16. The van der Waals surface area contributed by atoms with Crippen LogP contribution >= 0.6 is 0 Å². The number of nitrogens with one attached hydrogen (secondary N) is 3. The van der Waals surface area contributed by atoms with Crippen LogP contribution in [0.2, 0.25) is 0 Å².